The van der Waals surface area contributed by atoms with Gasteiger partial charge in [-0.15, -0.1) is 0 Å². The van der Waals surface area contributed by atoms with Crippen LogP contribution in [0.5, 0.6) is 0 Å². The summed E-state index contributed by atoms with van der Waals surface area (Å²) in [5, 5.41) is 3.08. The summed E-state index contributed by atoms with van der Waals surface area (Å²) in [5.41, 5.74) is 2.18. The Morgan fingerprint density at radius 1 is 1.08 bits per heavy atom. The standard InChI is InChI=1S/C21H34N4O/c1-4-23-9-11-25(12-10-23)20-7-5-19(6-8-20)22-21(26)16-24-14-17(2)13-18(3)15-24/h5-8,17-18H,4,9-16H2,1-3H3,(H,22,26)/p+2/t17-,18+. The molecule has 5 heteroatoms. The lowest BCUT2D eigenvalue weighted by atomic mass is 9.92. The maximum Gasteiger partial charge on any atom is 0.279 e. The molecule has 2 saturated heterocycles. The fraction of sp³-hybridized carbons (Fsp3) is 0.667. The van der Waals surface area contributed by atoms with Crippen molar-refractivity contribution in [3.05, 3.63) is 24.3 Å². The quantitative estimate of drug-likeness (QED) is 0.687. The second-order valence-corrected chi connectivity index (χ2v) is 8.47. The molecule has 0 aromatic heterocycles. The molecule has 0 aliphatic carbocycles. The zero-order valence-electron chi connectivity index (χ0n) is 16.7. The molecule has 1 aromatic rings. The lowest BCUT2D eigenvalue weighted by Crippen LogP contribution is -3.15. The molecule has 0 saturated carbocycles. The van der Waals surface area contributed by atoms with Gasteiger partial charge >= 0.3 is 0 Å². The Hall–Kier alpha value is -1.59. The monoisotopic (exact) mass is 360 g/mol. The molecule has 3 atom stereocenters. The molecule has 0 bridgehead atoms. The van der Waals surface area contributed by atoms with Crippen molar-refractivity contribution in [2.75, 3.05) is 62.6 Å². The molecule has 0 spiro atoms. The minimum atomic E-state index is 0.134. The number of piperidine rings is 1. The molecular weight excluding hydrogens is 324 g/mol. The highest BCUT2D eigenvalue weighted by Gasteiger charge is 2.26. The van der Waals surface area contributed by atoms with E-state index in [1.165, 1.54) is 36.6 Å². The maximum atomic E-state index is 12.4. The van der Waals surface area contributed by atoms with Crippen molar-refractivity contribution in [1.82, 2.24) is 0 Å². The van der Waals surface area contributed by atoms with Crippen LogP contribution in [-0.2, 0) is 4.79 Å². The number of likely N-dealkylation sites (N-methyl/N-ethyl adjacent to an activating group) is 1. The van der Waals surface area contributed by atoms with E-state index in [-0.39, 0.29) is 5.91 Å². The van der Waals surface area contributed by atoms with Crippen LogP contribution in [0.2, 0.25) is 0 Å². The SMILES string of the molecule is CC[NH+]1CCN(c2ccc(NC(=O)C[NH+]3C[C@H](C)C[C@H](C)C3)cc2)CC1. The third-order valence-corrected chi connectivity index (χ3v) is 5.98. The zero-order chi connectivity index (χ0) is 18.5. The summed E-state index contributed by atoms with van der Waals surface area (Å²) in [6, 6.07) is 8.38. The molecule has 2 aliphatic rings. The molecule has 26 heavy (non-hydrogen) atoms. The number of nitrogens with zero attached hydrogens (tertiary/aromatic N) is 1. The number of rotatable bonds is 5. The normalized spacial score (nSPS) is 27.3. The van der Waals surface area contributed by atoms with E-state index in [0.29, 0.717) is 6.54 Å². The Bertz CT molecular complexity index is 570. The van der Waals surface area contributed by atoms with E-state index in [9.17, 15) is 4.79 Å². The molecule has 2 heterocycles. The number of nitrogens with one attached hydrogen (secondary N) is 3. The topological polar surface area (TPSA) is 41.2 Å². The van der Waals surface area contributed by atoms with Crippen LogP contribution >= 0.6 is 0 Å². The number of carbonyl (C=O) groups excluding carboxylic acids is 1. The third-order valence-electron chi connectivity index (χ3n) is 5.98. The number of piperazine rings is 1. The number of benzene rings is 1. The predicted octanol–water partition coefficient (Wildman–Crippen LogP) is -0.0893. The Balaban J connectivity index is 1.48. The Kier molecular flexibility index (Phi) is 6.54. The molecule has 1 unspecified atom stereocenters. The van der Waals surface area contributed by atoms with Gasteiger partial charge in [0.05, 0.1) is 45.8 Å². The van der Waals surface area contributed by atoms with E-state index in [1.54, 1.807) is 4.90 Å². The van der Waals surface area contributed by atoms with Crippen molar-refractivity contribution in [2.45, 2.75) is 27.2 Å². The number of quaternary nitrogens is 2. The first kappa shape index (κ1) is 19.2. The lowest BCUT2D eigenvalue weighted by Gasteiger charge is -2.33. The maximum absolute atomic E-state index is 12.4. The van der Waals surface area contributed by atoms with Crippen molar-refractivity contribution in [2.24, 2.45) is 11.8 Å². The molecule has 144 valence electrons. The average Bonchev–Trinajstić information content (AvgIpc) is 2.61. The summed E-state index contributed by atoms with van der Waals surface area (Å²) in [7, 11) is 0. The fourth-order valence-corrected chi connectivity index (χ4v) is 4.69. The van der Waals surface area contributed by atoms with Gasteiger partial charge in [-0.2, -0.15) is 0 Å². The first-order chi connectivity index (χ1) is 12.5. The van der Waals surface area contributed by atoms with Crippen LogP contribution in [0.25, 0.3) is 0 Å². The van der Waals surface area contributed by atoms with E-state index in [4.69, 9.17) is 0 Å². The molecule has 1 amide bonds. The summed E-state index contributed by atoms with van der Waals surface area (Å²) in [6.07, 6.45) is 1.29. The summed E-state index contributed by atoms with van der Waals surface area (Å²) >= 11 is 0. The van der Waals surface area contributed by atoms with E-state index in [1.807, 2.05) is 12.1 Å². The summed E-state index contributed by atoms with van der Waals surface area (Å²) in [4.78, 5) is 18.0. The van der Waals surface area contributed by atoms with Gasteiger partial charge in [0.2, 0.25) is 0 Å². The highest BCUT2D eigenvalue weighted by molar-refractivity contribution is 5.91. The van der Waals surface area contributed by atoms with Gasteiger partial charge in [-0.05, 0) is 37.6 Å². The minimum Gasteiger partial charge on any atom is -0.360 e. The van der Waals surface area contributed by atoms with Gasteiger partial charge in [0.15, 0.2) is 6.54 Å². The van der Waals surface area contributed by atoms with Crippen LogP contribution in [0.3, 0.4) is 0 Å². The van der Waals surface area contributed by atoms with E-state index in [0.717, 1.165) is 43.7 Å². The summed E-state index contributed by atoms with van der Waals surface area (Å²) in [6.45, 7) is 15.5. The predicted molar refractivity (Wildman–Crippen MR) is 107 cm³/mol. The molecule has 0 radical (unpaired) electrons. The van der Waals surface area contributed by atoms with E-state index >= 15 is 0 Å². The second-order valence-electron chi connectivity index (χ2n) is 8.47. The van der Waals surface area contributed by atoms with Crippen molar-refractivity contribution < 1.29 is 14.6 Å². The summed E-state index contributed by atoms with van der Waals surface area (Å²) < 4.78 is 0. The highest BCUT2D eigenvalue weighted by Crippen LogP contribution is 2.18. The minimum absolute atomic E-state index is 0.134. The van der Waals surface area contributed by atoms with Gasteiger partial charge < -0.3 is 20.0 Å². The Morgan fingerprint density at radius 2 is 1.69 bits per heavy atom. The summed E-state index contributed by atoms with van der Waals surface area (Å²) in [5.74, 6) is 1.57. The van der Waals surface area contributed by atoms with Crippen molar-refractivity contribution in [1.29, 1.82) is 0 Å². The third kappa shape index (κ3) is 5.21. The van der Waals surface area contributed by atoms with Gasteiger partial charge in [-0.25, -0.2) is 0 Å². The van der Waals surface area contributed by atoms with Crippen molar-refractivity contribution >= 4 is 17.3 Å². The largest absolute Gasteiger partial charge is 0.360 e. The van der Waals surface area contributed by atoms with Crippen LogP contribution in [-0.4, -0.2) is 58.3 Å². The lowest BCUT2D eigenvalue weighted by molar-refractivity contribution is -0.904. The number of amides is 1. The Labute approximate surface area is 158 Å². The highest BCUT2D eigenvalue weighted by atomic mass is 16.2. The molecule has 5 nitrogen and oxygen atoms in total. The van der Waals surface area contributed by atoms with Crippen LogP contribution < -0.4 is 20.0 Å². The van der Waals surface area contributed by atoms with Crippen molar-refractivity contribution in [3.63, 3.8) is 0 Å². The molecule has 1 aromatic carbocycles. The van der Waals surface area contributed by atoms with Gasteiger partial charge in [0.25, 0.3) is 5.91 Å². The number of carbonyl (C=O) groups is 1. The molecule has 3 rings (SSSR count). The van der Waals surface area contributed by atoms with Crippen molar-refractivity contribution in [3.8, 4) is 0 Å². The van der Waals surface area contributed by atoms with E-state index in [2.05, 4.69) is 43.1 Å². The second kappa shape index (κ2) is 8.87. The van der Waals surface area contributed by atoms with Crippen LogP contribution in [0.15, 0.2) is 24.3 Å². The number of hydrogen-bond donors (Lipinski definition) is 3. The van der Waals surface area contributed by atoms with Gasteiger partial charge in [0.1, 0.15) is 0 Å². The zero-order valence-corrected chi connectivity index (χ0v) is 16.7. The van der Waals surface area contributed by atoms with Crippen LogP contribution in [0.1, 0.15) is 27.2 Å². The van der Waals surface area contributed by atoms with Gasteiger partial charge in [-0.3, -0.25) is 4.79 Å². The average molecular weight is 361 g/mol. The number of hydrogen-bond acceptors (Lipinski definition) is 2. The fourth-order valence-electron chi connectivity index (χ4n) is 4.69. The van der Waals surface area contributed by atoms with Crippen LogP contribution in [0, 0.1) is 11.8 Å². The number of anilines is 2. The van der Waals surface area contributed by atoms with Gasteiger partial charge in [-0.1, -0.05) is 13.8 Å². The van der Waals surface area contributed by atoms with Crippen LogP contribution in [0.4, 0.5) is 11.4 Å². The number of likely N-dealkylation sites (tertiary alicyclic amines) is 1. The Morgan fingerprint density at radius 3 is 2.27 bits per heavy atom. The van der Waals surface area contributed by atoms with Gasteiger partial charge in [0, 0.05) is 23.2 Å². The molecule has 2 fully saturated rings. The van der Waals surface area contributed by atoms with E-state index < -0.39 is 0 Å². The first-order valence-corrected chi connectivity index (χ1v) is 10.4. The molecule has 2 aliphatic heterocycles. The molecule has 3 N–H and O–H groups in total. The smallest absolute Gasteiger partial charge is 0.279 e. The first-order valence-electron chi connectivity index (χ1n) is 10.4. The molecular formula is C21H36N4O+2.